The quantitative estimate of drug-likeness (QED) is 0.813. The highest BCUT2D eigenvalue weighted by Gasteiger charge is 2.11. The summed E-state index contributed by atoms with van der Waals surface area (Å²) in [6.07, 6.45) is 1.47. The summed E-state index contributed by atoms with van der Waals surface area (Å²) in [6, 6.07) is 0. The summed E-state index contributed by atoms with van der Waals surface area (Å²) in [4.78, 5) is 0. The first-order chi connectivity index (χ1) is 4.99. The second-order valence-corrected chi connectivity index (χ2v) is 5.51. The molecule has 1 aromatic rings. The summed E-state index contributed by atoms with van der Waals surface area (Å²) in [6.45, 7) is 0. The molecule has 62 valence electrons. The fourth-order valence-corrected chi connectivity index (χ4v) is 1.98. The van der Waals surface area contributed by atoms with Crippen molar-refractivity contribution in [1.29, 1.82) is 0 Å². The summed E-state index contributed by atoms with van der Waals surface area (Å²) < 4.78 is 21.7. The Morgan fingerprint density at radius 2 is 2.36 bits per heavy atom. The Morgan fingerprint density at radius 1 is 1.73 bits per heavy atom. The maximum Gasteiger partial charge on any atom is 0.238 e. The Morgan fingerprint density at radius 3 is 2.73 bits per heavy atom. The number of nitrogens with zero attached hydrogens (tertiary/aromatic N) is 1. The van der Waals surface area contributed by atoms with Crippen molar-refractivity contribution in [3.05, 3.63) is 16.4 Å². The maximum absolute atomic E-state index is 10.5. The molecule has 0 aliphatic carbocycles. The maximum atomic E-state index is 10.5. The predicted octanol–water partition coefficient (Wildman–Crippen LogP) is 1.24. The van der Waals surface area contributed by atoms with Crippen molar-refractivity contribution in [1.82, 2.24) is 10.2 Å². The Balaban J connectivity index is 2.89. The highest BCUT2D eigenvalue weighted by molar-refractivity contribution is 9.10. The van der Waals surface area contributed by atoms with Crippen molar-refractivity contribution in [2.45, 2.75) is 5.75 Å². The molecule has 0 saturated carbocycles. The lowest BCUT2D eigenvalue weighted by Crippen LogP contribution is -1.95. The molecular formula is C4H4BrClN2O2S. The average molecular weight is 260 g/mol. The van der Waals surface area contributed by atoms with Gasteiger partial charge in [0.25, 0.3) is 0 Å². The van der Waals surface area contributed by atoms with Crippen LogP contribution in [0.3, 0.4) is 0 Å². The van der Waals surface area contributed by atoms with Crippen LogP contribution in [-0.4, -0.2) is 18.6 Å². The molecular weight excluding hydrogens is 255 g/mol. The van der Waals surface area contributed by atoms with Gasteiger partial charge in [-0.15, -0.1) is 0 Å². The minimum Gasteiger partial charge on any atom is -0.280 e. The molecule has 7 heteroatoms. The van der Waals surface area contributed by atoms with Crippen molar-refractivity contribution < 1.29 is 8.42 Å². The number of rotatable bonds is 2. The topological polar surface area (TPSA) is 62.8 Å². The molecule has 0 aromatic carbocycles. The second-order valence-electron chi connectivity index (χ2n) is 1.88. The van der Waals surface area contributed by atoms with Crippen molar-refractivity contribution in [2.75, 3.05) is 0 Å². The summed E-state index contributed by atoms with van der Waals surface area (Å²) in [5, 5.41) is 6.11. The molecule has 4 nitrogen and oxygen atoms in total. The van der Waals surface area contributed by atoms with Gasteiger partial charge in [0.2, 0.25) is 9.05 Å². The minimum atomic E-state index is -3.50. The molecule has 1 N–H and O–H groups in total. The SMILES string of the molecule is O=S(=O)(Cl)Cc1[nH]ncc1Br. The van der Waals surface area contributed by atoms with E-state index < -0.39 is 9.05 Å². The van der Waals surface area contributed by atoms with Gasteiger partial charge in [0.05, 0.1) is 16.4 Å². The van der Waals surface area contributed by atoms with Crippen molar-refractivity contribution in [3.63, 3.8) is 0 Å². The lowest BCUT2D eigenvalue weighted by molar-refractivity contribution is 0.608. The second kappa shape index (κ2) is 3.12. The number of hydrogen-bond acceptors (Lipinski definition) is 3. The van der Waals surface area contributed by atoms with E-state index in [0.717, 1.165) is 0 Å². The average Bonchev–Trinajstić information content (AvgIpc) is 2.12. The van der Waals surface area contributed by atoms with Crippen LogP contribution in [-0.2, 0) is 14.8 Å². The van der Waals surface area contributed by atoms with E-state index in [1.54, 1.807) is 0 Å². The summed E-state index contributed by atoms with van der Waals surface area (Å²) in [5.74, 6) is -0.241. The Kier molecular flexibility index (Phi) is 2.56. The molecule has 0 atom stereocenters. The highest BCUT2D eigenvalue weighted by Crippen LogP contribution is 2.16. The van der Waals surface area contributed by atoms with Crippen LogP contribution in [0.1, 0.15) is 5.69 Å². The zero-order valence-corrected chi connectivity index (χ0v) is 8.37. The zero-order valence-electron chi connectivity index (χ0n) is 5.21. The van der Waals surface area contributed by atoms with E-state index in [2.05, 4.69) is 26.1 Å². The molecule has 0 spiro atoms. The van der Waals surface area contributed by atoms with E-state index in [1.807, 2.05) is 0 Å². The molecule has 0 amide bonds. The normalized spacial score (nSPS) is 11.8. The molecule has 0 bridgehead atoms. The van der Waals surface area contributed by atoms with E-state index in [9.17, 15) is 8.42 Å². The van der Waals surface area contributed by atoms with Crippen molar-refractivity contribution in [2.24, 2.45) is 0 Å². The largest absolute Gasteiger partial charge is 0.280 e. The molecule has 1 heterocycles. The van der Waals surface area contributed by atoms with Crippen LogP contribution in [0.5, 0.6) is 0 Å². The summed E-state index contributed by atoms with van der Waals surface area (Å²) in [5.41, 5.74) is 0.458. The summed E-state index contributed by atoms with van der Waals surface area (Å²) in [7, 11) is 1.50. The molecule has 0 fully saturated rings. The molecule has 11 heavy (non-hydrogen) atoms. The Hall–Kier alpha value is -0.0700. The van der Waals surface area contributed by atoms with E-state index >= 15 is 0 Å². The first-order valence-electron chi connectivity index (χ1n) is 2.59. The lowest BCUT2D eigenvalue weighted by atomic mass is 10.5. The van der Waals surface area contributed by atoms with E-state index in [-0.39, 0.29) is 5.75 Å². The van der Waals surface area contributed by atoms with Crippen LogP contribution in [0.25, 0.3) is 0 Å². The van der Waals surface area contributed by atoms with Crippen LogP contribution < -0.4 is 0 Å². The van der Waals surface area contributed by atoms with Crippen LogP contribution in [0.4, 0.5) is 0 Å². The van der Waals surface area contributed by atoms with E-state index in [0.29, 0.717) is 10.2 Å². The monoisotopic (exact) mass is 258 g/mol. The van der Waals surface area contributed by atoms with E-state index in [1.165, 1.54) is 6.20 Å². The molecule has 0 unspecified atom stereocenters. The van der Waals surface area contributed by atoms with Crippen molar-refractivity contribution >= 4 is 35.7 Å². The molecule has 0 saturated heterocycles. The van der Waals surface area contributed by atoms with Crippen LogP contribution >= 0.6 is 26.6 Å². The molecule has 0 radical (unpaired) electrons. The predicted molar refractivity (Wildman–Crippen MR) is 44.8 cm³/mol. The van der Waals surface area contributed by atoms with Crippen molar-refractivity contribution in [3.8, 4) is 0 Å². The lowest BCUT2D eigenvalue weighted by Gasteiger charge is -1.91. The van der Waals surface area contributed by atoms with Gasteiger partial charge in [0.1, 0.15) is 5.75 Å². The molecule has 0 aliphatic heterocycles. The minimum absolute atomic E-state index is 0.241. The van der Waals surface area contributed by atoms with Gasteiger partial charge >= 0.3 is 0 Å². The smallest absolute Gasteiger partial charge is 0.238 e. The number of halogens is 2. The fraction of sp³-hybridized carbons (Fsp3) is 0.250. The van der Waals surface area contributed by atoms with Gasteiger partial charge in [-0.05, 0) is 15.9 Å². The van der Waals surface area contributed by atoms with Crippen LogP contribution in [0, 0.1) is 0 Å². The zero-order chi connectivity index (χ0) is 8.48. The molecule has 1 aromatic heterocycles. The van der Waals surface area contributed by atoms with Gasteiger partial charge in [0.15, 0.2) is 0 Å². The van der Waals surface area contributed by atoms with Gasteiger partial charge in [0, 0.05) is 10.7 Å². The number of aromatic nitrogens is 2. The standard InChI is InChI=1S/C4H4BrClN2O2S/c5-3-1-7-8-4(3)2-11(6,9)10/h1H,2H2,(H,7,8). The number of aromatic amines is 1. The van der Waals surface area contributed by atoms with Gasteiger partial charge in [-0.1, -0.05) is 0 Å². The highest BCUT2D eigenvalue weighted by atomic mass is 79.9. The summed E-state index contributed by atoms with van der Waals surface area (Å²) >= 11 is 3.10. The van der Waals surface area contributed by atoms with Crippen LogP contribution in [0.15, 0.2) is 10.7 Å². The van der Waals surface area contributed by atoms with Gasteiger partial charge in [-0.3, -0.25) is 5.10 Å². The third kappa shape index (κ3) is 2.80. The Bertz CT molecular complexity index is 347. The Labute approximate surface area is 76.5 Å². The van der Waals surface area contributed by atoms with Gasteiger partial charge in [-0.25, -0.2) is 8.42 Å². The molecule has 0 aliphatic rings. The third-order valence-corrected chi connectivity index (χ3v) is 2.63. The van der Waals surface area contributed by atoms with Gasteiger partial charge in [-0.2, -0.15) is 5.10 Å². The third-order valence-electron chi connectivity index (χ3n) is 0.982. The number of nitrogens with one attached hydrogen (secondary N) is 1. The van der Waals surface area contributed by atoms with Crippen LogP contribution in [0.2, 0.25) is 0 Å². The fourth-order valence-electron chi connectivity index (χ4n) is 0.572. The van der Waals surface area contributed by atoms with Gasteiger partial charge < -0.3 is 0 Å². The molecule has 1 rings (SSSR count). The van der Waals surface area contributed by atoms with E-state index in [4.69, 9.17) is 10.7 Å². The number of hydrogen-bond donors (Lipinski definition) is 1. The first kappa shape index (κ1) is 9.02. The number of H-pyrrole nitrogens is 1. The first-order valence-corrected chi connectivity index (χ1v) is 5.86.